The van der Waals surface area contributed by atoms with E-state index < -0.39 is 0 Å². The molecule has 0 atom stereocenters. The minimum atomic E-state index is -0.364. The van der Waals surface area contributed by atoms with Gasteiger partial charge in [-0.25, -0.2) is 4.79 Å². The van der Waals surface area contributed by atoms with E-state index in [1.807, 2.05) is 18.2 Å². The van der Waals surface area contributed by atoms with Crippen molar-refractivity contribution in [2.75, 3.05) is 6.61 Å². The Balaban J connectivity index is 2.05. The van der Waals surface area contributed by atoms with Crippen molar-refractivity contribution in [3.63, 3.8) is 0 Å². The number of esters is 1. The molecule has 1 aromatic carbocycles. The zero-order valence-electron chi connectivity index (χ0n) is 13.4. The first-order valence-corrected chi connectivity index (χ1v) is 8.73. The third kappa shape index (κ3) is 3.36. The van der Waals surface area contributed by atoms with E-state index in [2.05, 4.69) is 20.9 Å². The average molecular weight is 388 g/mol. The normalized spacial score (nSPS) is 14.1. The van der Waals surface area contributed by atoms with Crippen LogP contribution in [0.5, 0.6) is 5.75 Å². The number of halogens is 1. The van der Waals surface area contributed by atoms with Crippen molar-refractivity contribution >= 4 is 33.0 Å². The summed E-state index contributed by atoms with van der Waals surface area (Å²) in [6.45, 7) is 2.12. The Morgan fingerprint density at radius 1 is 1.25 bits per heavy atom. The van der Waals surface area contributed by atoms with E-state index in [1.165, 1.54) is 6.20 Å². The molecule has 0 unspecified atom stereocenters. The number of pyridine rings is 1. The SMILES string of the molecule is CCOC(=O)c1cncc(C2=C(c3cc(Br)ccc3O)CCC2)c1. The number of hydrogen-bond donors (Lipinski definition) is 1. The van der Waals surface area contributed by atoms with Crippen LogP contribution in [0.4, 0.5) is 0 Å². The minimum Gasteiger partial charge on any atom is -0.507 e. The summed E-state index contributed by atoms with van der Waals surface area (Å²) >= 11 is 3.46. The number of carbonyl (C=O) groups excluding carboxylic acids is 1. The molecule has 0 amide bonds. The molecular formula is C19H18BrNO3. The first-order chi connectivity index (χ1) is 11.6. The number of nitrogens with zero attached hydrogens (tertiary/aromatic N) is 1. The zero-order chi connectivity index (χ0) is 17.1. The molecule has 0 radical (unpaired) electrons. The van der Waals surface area contributed by atoms with E-state index in [4.69, 9.17) is 4.74 Å². The maximum Gasteiger partial charge on any atom is 0.339 e. The van der Waals surface area contributed by atoms with Crippen LogP contribution in [0.3, 0.4) is 0 Å². The number of aromatic hydroxyl groups is 1. The lowest BCUT2D eigenvalue weighted by atomic mass is 9.97. The Kier molecular flexibility index (Phi) is 5.00. The van der Waals surface area contributed by atoms with Gasteiger partial charge in [0.05, 0.1) is 12.2 Å². The van der Waals surface area contributed by atoms with Crippen molar-refractivity contribution in [2.24, 2.45) is 0 Å². The number of phenolic OH excluding ortho intramolecular Hbond substituents is 1. The smallest absolute Gasteiger partial charge is 0.339 e. The van der Waals surface area contributed by atoms with Crippen molar-refractivity contribution < 1.29 is 14.6 Å². The Morgan fingerprint density at radius 3 is 2.83 bits per heavy atom. The second-order valence-corrected chi connectivity index (χ2v) is 6.57. The van der Waals surface area contributed by atoms with Gasteiger partial charge in [0.2, 0.25) is 0 Å². The van der Waals surface area contributed by atoms with Crippen LogP contribution in [0, 0.1) is 0 Å². The molecule has 2 aromatic rings. The highest BCUT2D eigenvalue weighted by molar-refractivity contribution is 9.10. The summed E-state index contributed by atoms with van der Waals surface area (Å²) in [6.07, 6.45) is 6.09. The summed E-state index contributed by atoms with van der Waals surface area (Å²) < 4.78 is 5.97. The molecule has 0 spiro atoms. The van der Waals surface area contributed by atoms with E-state index in [-0.39, 0.29) is 11.7 Å². The first-order valence-electron chi connectivity index (χ1n) is 7.93. The monoisotopic (exact) mass is 387 g/mol. The summed E-state index contributed by atoms with van der Waals surface area (Å²) in [5.41, 5.74) is 4.43. The number of phenols is 1. The number of allylic oxidation sites excluding steroid dienone is 2. The van der Waals surface area contributed by atoms with E-state index in [9.17, 15) is 9.90 Å². The van der Waals surface area contributed by atoms with Crippen LogP contribution in [0.25, 0.3) is 11.1 Å². The molecule has 0 bridgehead atoms. The van der Waals surface area contributed by atoms with Gasteiger partial charge >= 0.3 is 5.97 Å². The van der Waals surface area contributed by atoms with E-state index in [1.54, 1.807) is 19.2 Å². The molecule has 1 aliphatic rings. The molecular weight excluding hydrogens is 370 g/mol. The molecule has 0 aliphatic heterocycles. The maximum absolute atomic E-state index is 11.9. The van der Waals surface area contributed by atoms with Gasteiger partial charge < -0.3 is 9.84 Å². The van der Waals surface area contributed by atoms with Crippen LogP contribution in [0.2, 0.25) is 0 Å². The second kappa shape index (κ2) is 7.18. The minimum absolute atomic E-state index is 0.266. The van der Waals surface area contributed by atoms with Crippen LogP contribution in [0.1, 0.15) is 47.7 Å². The van der Waals surface area contributed by atoms with Gasteiger partial charge in [0.25, 0.3) is 0 Å². The van der Waals surface area contributed by atoms with Gasteiger partial charge in [0, 0.05) is 22.4 Å². The molecule has 1 N–H and O–H groups in total. The first kappa shape index (κ1) is 16.7. The summed E-state index contributed by atoms with van der Waals surface area (Å²) in [7, 11) is 0. The number of rotatable bonds is 4. The summed E-state index contributed by atoms with van der Waals surface area (Å²) in [4.78, 5) is 16.1. The number of hydrogen-bond acceptors (Lipinski definition) is 4. The summed E-state index contributed by atoms with van der Waals surface area (Å²) in [5.74, 6) is -0.0978. The average Bonchev–Trinajstić information content (AvgIpc) is 3.07. The van der Waals surface area contributed by atoms with Crippen molar-refractivity contribution in [1.82, 2.24) is 4.98 Å². The highest BCUT2D eigenvalue weighted by Gasteiger charge is 2.21. The Labute approximate surface area is 149 Å². The lowest BCUT2D eigenvalue weighted by Gasteiger charge is -2.11. The quantitative estimate of drug-likeness (QED) is 0.763. The van der Waals surface area contributed by atoms with Crippen LogP contribution in [0.15, 0.2) is 41.1 Å². The third-order valence-corrected chi connectivity index (χ3v) is 4.59. The fourth-order valence-electron chi connectivity index (χ4n) is 3.04. The molecule has 4 nitrogen and oxygen atoms in total. The lowest BCUT2D eigenvalue weighted by molar-refractivity contribution is 0.0526. The van der Waals surface area contributed by atoms with E-state index in [0.29, 0.717) is 12.2 Å². The molecule has 124 valence electrons. The van der Waals surface area contributed by atoms with Gasteiger partial charge in [-0.15, -0.1) is 0 Å². The third-order valence-electron chi connectivity index (χ3n) is 4.10. The largest absolute Gasteiger partial charge is 0.507 e. The Morgan fingerprint density at radius 2 is 2.04 bits per heavy atom. The maximum atomic E-state index is 11.9. The summed E-state index contributed by atoms with van der Waals surface area (Å²) in [6, 6.07) is 7.26. The van der Waals surface area contributed by atoms with Crippen molar-refractivity contribution in [1.29, 1.82) is 0 Å². The molecule has 1 heterocycles. The van der Waals surface area contributed by atoms with Crippen LogP contribution < -0.4 is 0 Å². The summed E-state index contributed by atoms with van der Waals surface area (Å²) in [5, 5.41) is 10.2. The standard InChI is InChI=1S/C19H18BrNO3/c1-2-24-19(23)13-8-12(10-21-11-13)15-4-3-5-16(15)17-9-14(20)6-7-18(17)22/h6-11,22H,2-5H2,1H3. The molecule has 5 heteroatoms. The number of aromatic nitrogens is 1. The van der Waals surface area contributed by atoms with Crippen LogP contribution in [-0.4, -0.2) is 22.7 Å². The van der Waals surface area contributed by atoms with Crippen molar-refractivity contribution in [3.05, 3.63) is 57.8 Å². The van der Waals surface area contributed by atoms with Gasteiger partial charge in [0.1, 0.15) is 5.75 Å². The highest BCUT2D eigenvalue weighted by Crippen LogP contribution is 2.43. The Bertz CT molecular complexity index is 814. The number of carbonyl (C=O) groups is 1. The molecule has 0 saturated carbocycles. The lowest BCUT2D eigenvalue weighted by Crippen LogP contribution is -2.05. The van der Waals surface area contributed by atoms with Gasteiger partial charge in [-0.05, 0) is 67.2 Å². The molecule has 1 aromatic heterocycles. The van der Waals surface area contributed by atoms with Gasteiger partial charge in [0.15, 0.2) is 0 Å². The number of benzene rings is 1. The van der Waals surface area contributed by atoms with Crippen molar-refractivity contribution in [2.45, 2.75) is 26.2 Å². The zero-order valence-corrected chi connectivity index (χ0v) is 15.0. The molecule has 0 saturated heterocycles. The van der Waals surface area contributed by atoms with Crippen molar-refractivity contribution in [3.8, 4) is 5.75 Å². The molecule has 1 aliphatic carbocycles. The predicted molar refractivity (Wildman–Crippen MR) is 96.7 cm³/mol. The van der Waals surface area contributed by atoms with Crippen LogP contribution in [-0.2, 0) is 4.74 Å². The Hall–Kier alpha value is -2.14. The van der Waals surface area contributed by atoms with Gasteiger partial charge in [-0.2, -0.15) is 0 Å². The second-order valence-electron chi connectivity index (χ2n) is 5.65. The molecule has 24 heavy (non-hydrogen) atoms. The van der Waals surface area contributed by atoms with E-state index >= 15 is 0 Å². The number of ether oxygens (including phenoxy) is 1. The predicted octanol–water partition coefficient (Wildman–Crippen LogP) is 4.82. The fraction of sp³-hybridized carbons (Fsp3) is 0.263. The molecule has 0 fully saturated rings. The van der Waals surface area contributed by atoms with Crippen LogP contribution >= 0.6 is 15.9 Å². The highest BCUT2D eigenvalue weighted by atomic mass is 79.9. The fourth-order valence-corrected chi connectivity index (χ4v) is 3.40. The topological polar surface area (TPSA) is 59.4 Å². The van der Waals surface area contributed by atoms with E-state index in [0.717, 1.165) is 46.0 Å². The van der Waals surface area contributed by atoms with Gasteiger partial charge in [-0.1, -0.05) is 15.9 Å². The molecule has 3 rings (SSSR count). The van der Waals surface area contributed by atoms with Gasteiger partial charge in [-0.3, -0.25) is 4.98 Å².